The van der Waals surface area contributed by atoms with Crippen LogP contribution >= 0.6 is 0 Å². The highest BCUT2D eigenvalue weighted by Crippen LogP contribution is 2.38. The minimum atomic E-state index is -0.549. The summed E-state index contributed by atoms with van der Waals surface area (Å²) in [5.41, 5.74) is 2.27. The molecule has 2 aliphatic rings. The topological polar surface area (TPSA) is 71.0 Å². The molecule has 0 aromatic carbocycles. The van der Waals surface area contributed by atoms with E-state index in [0.717, 1.165) is 62.1 Å². The van der Waals surface area contributed by atoms with E-state index in [1.165, 1.54) is 0 Å². The van der Waals surface area contributed by atoms with Crippen LogP contribution in [0.1, 0.15) is 43.9 Å². The van der Waals surface area contributed by atoms with E-state index in [1.807, 2.05) is 30.2 Å². The van der Waals surface area contributed by atoms with E-state index in [2.05, 4.69) is 15.3 Å². The predicted molar refractivity (Wildman–Crippen MR) is 95.7 cm³/mol. The van der Waals surface area contributed by atoms with Crippen LogP contribution in [0.25, 0.3) is 0 Å². The molecule has 1 fully saturated rings. The Morgan fingerprint density at radius 3 is 2.84 bits per heavy atom. The van der Waals surface area contributed by atoms with E-state index in [0.29, 0.717) is 5.95 Å². The molecule has 25 heavy (non-hydrogen) atoms. The van der Waals surface area contributed by atoms with Gasteiger partial charge in [0, 0.05) is 25.5 Å². The van der Waals surface area contributed by atoms with Crippen molar-refractivity contribution in [1.29, 1.82) is 0 Å². The molecule has 1 N–H and O–H groups in total. The maximum Gasteiger partial charge on any atom is 0.234 e. The summed E-state index contributed by atoms with van der Waals surface area (Å²) >= 11 is 0. The Balaban J connectivity index is 1.67. The molecule has 1 amide bonds. The fourth-order valence-corrected chi connectivity index (χ4v) is 3.92. The fourth-order valence-electron chi connectivity index (χ4n) is 3.92. The summed E-state index contributed by atoms with van der Waals surface area (Å²) in [7, 11) is 0. The number of hydrogen-bond donors (Lipinski definition) is 1. The van der Waals surface area contributed by atoms with Gasteiger partial charge in [0.25, 0.3) is 0 Å². The molecule has 6 nitrogen and oxygen atoms in total. The number of carbonyl (C=O) groups excluding carboxylic acids is 1. The molecule has 0 spiro atoms. The molecule has 1 aliphatic heterocycles. The zero-order valence-corrected chi connectivity index (χ0v) is 14.5. The minimum absolute atomic E-state index is 0.219. The van der Waals surface area contributed by atoms with Crippen LogP contribution in [0.2, 0.25) is 0 Å². The first-order valence-electron chi connectivity index (χ1n) is 9.00. The van der Waals surface area contributed by atoms with Crippen LogP contribution in [0.3, 0.4) is 0 Å². The van der Waals surface area contributed by atoms with E-state index in [-0.39, 0.29) is 5.91 Å². The molecule has 130 valence electrons. The Hall–Kier alpha value is -2.50. The lowest BCUT2D eigenvalue weighted by Gasteiger charge is -2.36. The molecule has 4 rings (SSSR count). The Labute approximate surface area is 147 Å². The number of amides is 1. The van der Waals surface area contributed by atoms with Crippen molar-refractivity contribution < 1.29 is 4.79 Å². The van der Waals surface area contributed by atoms with Crippen LogP contribution in [-0.2, 0) is 16.6 Å². The van der Waals surface area contributed by atoms with Crippen LogP contribution in [-0.4, -0.2) is 38.8 Å². The van der Waals surface area contributed by atoms with Crippen molar-refractivity contribution in [2.45, 2.75) is 44.4 Å². The number of rotatable bonds is 3. The first-order chi connectivity index (χ1) is 12.2. The standard InChI is InChI=1S/C19H23N5O/c1-19(17(25)24-10-2-3-11-24)8-4-6-14-12-21-18(23-16(14)19)22-15-7-5-9-20-13-15/h5,7,9,12-13H,2-4,6,8,10-11H2,1H3,(H,21,22,23). The van der Waals surface area contributed by atoms with E-state index in [1.54, 1.807) is 12.4 Å². The van der Waals surface area contributed by atoms with Gasteiger partial charge in [-0.3, -0.25) is 9.78 Å². The largest absolute Gasteiger partial charge is 0.342 e. The van der Waals surface area contributed by atoms with Crippen LogP contribution in [0.15, 0.2) is 30.7 Å². The summed E-state index contributed by atoms with van der Waals surface area (Å²) in [6.07, 6.45) is 10.3. The van der Waals surface area contributed by atoms with Gasteiger partial charge in [-0.15, -0.1) is 0 Å². The van der Waals surface area contributed by atoms with Gasteiger partial charge in [-0.25, -0.2) is 9.97 Å². The summed E-state index contributed by atoms with van der Waals surface area (Å²) < 4.78 is 0. The number of nitrogens with zero attached hydrogens (tertiary/aromatic N) is 4. The smallest absolute Gasteiger partial charge is 0.234 e. The Bertz CT molecular complexity index is 773. The number of hydrogen-bond acceptors (Lipinski definition) is 5. The highest BCUT2D eigenvalue weighted by atomic mass is 16.2. The molecule has 1 unspecified atom stereocenters. The van der Waals surface area contributed by atoms with E-state index < -0.39 is 5.41 Å². The van der Waals surface area contributed by atoms with Gasteiger partial charge in [-0.1, -0.05) is 0 Å². The number of likely N-dealkylation sites (tertiary alicyclic amines) is 1. The average Bonchev–Trinajstić information content (AvgIpc) is 3.17. The second kappa shape index (κ2) is 6.43. The molecule has 1 saturated heterocycles. The summed E-state index contributed by atoms with van der Waals surface area (Å²) in [5, 5.41) is 3.19. The van der Waals surface area contributed by atoms with Crippen molar-refractivity contribution in [3.05, 3.63) is 42.0 Å². The number of carbonyl (C=O) groups is 1. The van der Waals surface area contributed by atoms with Gasteiger partial charge in [0.15, 0.2) is 0 Å². The molecule has 2 aromatic heterocycles. The van der Waals surface area contributed by atoms with Gasteiger partial charge < -0.3 is 10.2 Å². The van der Waals surface area contributed by atoms with Gasteiger partial charge in [0.2, 0.25) is 11.9 Å². The molecule has 0 radical (unpaired) electrons. The third-order valence-electron chi connectivity index (χ3n) is 5.29. The van der Waals surface area contributed by atoms with Crippen LogP contribution in [0, 0.1) is 0 Å². The summed E-state index contributed by atoms with van der Waals surface area (Å²) in [6, 6.07) is 3.78. The molecule has 0 saturated carbocycles. The molecule has 1 atom stereocenters. The van der Waals surface area contributed by atoms with Crippen LogP contribution in [0.4, 0.5) is 11.6 Å². The fraction of sp³-hybridized carbons (Fsp3) is 0.474. The van der Waals surface area contributed by atoms with Gasteiger partial charge in [-0.2, -0.15) is 0 Å². The lowest BCUT2D eigenvalue weighted by atomic mass is 9.73. The van der Waals surface area contributed by atoms with Gasteiger partial charge in [0.1, 0.15) is 0 Å². The normalized spacial score (nSPS) is 22.5. The predicted octanol–water partition coefficient (Wildman–Crippen LogP) is 2.83. The van der Waals surface area contributed by atoms with Gasteiger partial charge >= 0.3 is 0 Å². The molecule has 1 aliphatic carbocycles. The van der Waals surface area contributed by atoms with Gasteiger partial charge in [0.05, 0.1) is 23.0 Å². The molecular formula is C19H23N5O. The van der Waals surface area contributed by atoms with Gasteiger partial charge in [-0.05, 0) is 56.7 Å². The number of aromatic nitrogens is 3. The van der Waals surface area contributed by atoms with Crippen molar-refractivity contribution in [2.24, 2.45) is 0 Å². The monoisotopic (exact) mass is 337 g/mol. The quantitative estimate of drug-likeness (QED) is 0.932. The Morgan fingerprint density at radius 2 is 2.08 bits per heavy atom. The lowest BCUT2D eigenvalue weighted by Crippen LogP contribution is -2.46. The van der Waals surface area contributed by atoms with E-state index >= 15 is 0 Å². The van der Waals surface area contributed by atoms with Crippen molar-refractivity contribution >= 4 is 17.5 Å². The average molecular weight is 337 g/mol. The number of fused-ring (bicyclic) bond motifs is 1. The number of anilines is 2. The SMILES string of the molecule is CC1(C(=O)N2CCCC2)CCCc2cnc(Nc3cccnc3)nc21. The first kappa shape index (κ1) is 16.0. The number of pyridine rings is 1. The molecular weight excluding hydrogens is 314 g/mol. The maximum absolute atomic E-state index is 13.2. The number of nitrogens with one attached hydrogen (secondary N) is 1. The Morgan fingerprint density at radius 1 is 1.24 bits per heavy atom. The van der Waals surface area contributed by atoms with E-state index in [9.17, 15) is 4.79 Å². The molecule has 2 aromatic rings. The third-order valence-corrected chi connectivity index (χ3v) is 5.29. The summed E-state index contributed by atoms with van der Waals surface area (Å²) in [4.78, 5) is 28.5. The highest BCUT2D eigenvalue weighted by Gasteiger charge is 2.43. The molecule has 6 heteroatoms. The van der Waals surface area contributed by atoms with Crippen molar-refractivity contribution in [3.63, 3.8) is 0 Å². The second-order valence-electron chi connectivity index (χ2n) is 7.12. The highest BCUT2D eigenvalue weighted by molar-refractivity contribution is 5.88. The molecule has 0 bridgehead atoms. The zero-order valence-electron chi connectivity index (χ0n) is 14.5. The van der Waals surface area contributed by atoms with Crippen molar-refractivity contribution in [1.82, 2.24) is 19.9 Å². The maximum atomic E-state index is 13.2. The third kappa shape index (κ3) is 2.97. The zero-order chi connectivity index (χ0) is 17.3. The first-order valence-corrected chi connectivity index (χ1v) is 9.00. The molecule has 3 heterocycles. The van der Waals surface area contributed by atoms with E-state index in [4.69, 9.17) is 4.98 Å². The summed E-state index contributed by atoms with van der Waals surface area (Å²) in [6.45, 7) is 3.79. The minimum Gasteiger partial charge on any atom is -0.342 e. The van der Waals surface area contributed by atoms with Crippen molar-refractivity contribution in [2.75, 3.05) is 18.4 Å². The summed E-state index contributed by atoms with van der Waals surface area (Å²) in [5.74, 6) is 0.742. The van der Waals surface area contributed by atoms with Crippen LogP contribution < -0.4 is 5.32 Å². The Kier molecular flexibility index (Phi) is 4.11. The van der Waals surface area contributed by atoms with Crippen molar-refractivity contribution in [3.8, 4) is 0 Å². The second-order valence-corrected chi connectivity index (χ2v) is 7.12. The number of aryl methyl sites for hydroxylation is 1. The lowest BCUT2D eigenvalue weighted by molar-refractivity contribution is -0.136. The van der Waals surface area contributed by atoms with Crippen LogP contribution in [0.5, 0.6) is 0 Å².